The van der Waals surface area contributed by atoms with Crippen LogP contribution in [0, 0.1) is 11.7 Å². The van der Waals surface area contributed by atoms with Crippen LogP contribution in [0.3, 0.4) is 0 Å². The molecule has 0 saturated carbocycles. The Bertz CT molecular complexity index is 1090. The zero-order valence-electron chi connectivity index (χ0n) is 16.7. The predicted molar refractivity (Wildman–Crippen MR) is 117 cm³/mol. The molecular weight excluding hydrogens is 401 g/mol. The van der Waals surface area contributed by atoms with E-state index in [-0.39, 0.29) is 11.7 Å². The van der Waals surface area contributed by atoms with Gasteiger partial charge < -0.3 is 5.32 Å². The molecule has 2 aromatic carbocycles. The maximum Gasteiger partial charge on any atom is 0.224 e. The molecule has 2 heterocycles. The molecule has 1 amide bonds. The van der Waals surface area contributed by atoms with Gasteiger partial charge in [-0.1, -0.05) is 55.9 Å². The molecule has 30 heavy (non-hydrogen) atoms. The first-order valence-electron chi connectivity index (χ1n) is 9.71. The maximum atomic E-state index is 14.0. The van der Waals surface area contributed by atoms with E-state index in [1.165, 1.54) is 17.8 Å². The molecule has 3 aromatic rings. The Morgan fingerprint density at radius 1 is 1.17 bits per heavy atom. The molecule has 6 nitrogen and oxygen atoms in total. The highest BCUT2D eigenvalue weighted by molar-refractivity contribution is 8.02. The molecule has 0 spiro atoms. The fourth-order valence-corrected chi connectivity index (χ4v) is 3.88. The Labute approximate surface area is 178 Å². The standard InChI is InChI=1S/C22H22FN5OS/c1-14(2)11-21(29)24-17-9-7-15(8-10-17)19-13-30-22-26-25-20(28(22)27-19)12-16-5-3-4-6-18(16)23/h3-10,13-14,27H,11-12H2,1-2H3,(H,24,29). The van der Waals surface area contributed by atoms with E-state index < -0.39 is 0 Å². The minimum Gasteiger partial charge on any atom is -0.326 e. The van der Waals surface area contributed by atoms with Gasteiger partial charge in [-0.2, -0.15) is 0 Å². The number of amides is 1. The van der Waals surface area contributed by atoms with E-state index in [2.05, 4.69) is 20.9 Å². The van der Waals surface area contributed by atoms with Gasteiger partial charge in [0.25, 0.3) is 0 Å². The molecule has 0 bridgehead atoms. The minimum atomic E-state index is -0.260. The molecule has 0 fully saturated rings. The summed E-state index contributed by atoms with van der Waals surface area (Å²) >= 11 is 1.45. The lowest BCUT2D eigenvalue weighted by Gasteiger charge is -2.19. The van der Waals surface area contributed by atoms with Gasteiger partial charge in [0, 0.05) is 29.5 Å². The molecule has 2 N–H and O–H groups in total. The first-order valence-corrected chi connectivity index (χ1v) is 10.6. The average Bonchev–Trinajstić information content (AvgIpc) is 3.12. The number of hydrogen-bond acceptors (Lipinski definition) is 5. The third-order valence-corrected chi connectivity index (χ3v) is 5.42. The first-order chi connectivity index (χ1) is 14.5. The molecule has 1 aliphatic rings. The van der Waals surface area contributed by atoms with E-state index in [1.54, 1.807) is 22.9 Å². The number of thioether (sulfide) groups is 1. The van der Waals surface area contributed by atoms with Crippen LogP contribution in [0.15, 0.2) is 59.1 Å². The van der Waals surface area contributed by atoms with Crippen molar-refractivity contribution in [2.24, 2.45) is 5.92 Å². The Morgan fingerprint density at radius 2 is 1.93 bits per heavy atom. The number of carbonyl (C=O) groups excluding carboxylic acids is 1. The van der Waals surface area contributed by atoms with Crippen molar-refractivity contribution in [1.29, 1.82) is 0 Å². The summed E-state index contributed by atoms with van der Waals surface area (Å²) in [7, 11) is 0. The average molecular weight is 424 g/mol. The van der Waals surface area contributed by atoms with Gasteiger partial charge >= 0.3 is 0 Å². The van der Waals surface area contributed by atoms with Crippen molar-refractivity contribution in [2.45, 2.75) is 31.8 Å². The molecule has 0 saturated heterocycles. The van der Waals surface area contributed by atoms with Crippen molar-refractivity contribution in [2.75, 3.05) is 10.7 Å². The normalized spacial score (nSPS) is 12.9. The van der Waals surface area contributed by atoms with Gasteiger partial charge in [0.1, 0.15) is 5.82 Å². The zero-order chi connectivity index (χ0) is 21.1. The van der Waals surface area contributed by atoms with Gasteiger partial charge in [-0.15, -0.1) is 10.2 Å². The van der Waals surface area contributed by atoms with Crippen molar-refractivity contribution < 1.29 is 9.18 Å². The van der Waals surface area contributed by atoms with Crippen molar-refractivity contribution in [3.05, 3.63) is 76.7 Å². The highest BCUT2D eigenvalue weighted by atomic mass is 32.2. The molecule has 0 aliphatic carbocycles. The Balaban J connectivity index is 1.47. The van der Waals surface area contributed by atoms with Crippen LogP contribution in [-0.2, 0) is 11.2 Å². The molecular formula is C22H22FN5OS. The SMILES string of the molecule is CC(C)CC(=O)Nc1ccc(C2=CSc3nnc(Cc4ccccc4F)n3N2)cc1. The third kappa shape index (κ3) is 4.54. The van der Waals surface area contributed by atoms with E-state index in [1.807, 2.05) is 43.5 Å². The smallest absolute Gasteiger partial charge is 0.224 e. The van der Waals surface area contributed by atoms with Crippen molar-refractivity contribution >= 4 is 29.1 Å². The van der Waals surface area contributed by atoms with Crippen LogP contribution in [0.25, 0.3) is 5.70 Å². The topological polar surface area (TPSA) is 71.8 Å². The Morgan fingerprint density at radius 3 is 2.67 bits per heavy atom. The van der Waals surface area contributed by atoms with Crippen LogP contribution in [0.2, 0.25) is 0 Å². The summed E-state index contributed by atoms with van der Waals surface area (Å²) in [6.07, 6.45) is 0.827. The highest BCUT2D eigenvalue weighted by Crippen LogP contribution is 2.29. The fourth-order valence-electron chi connectivity index (χ4n) is 3.12. The van der Waals surface area contributed by atoms with Gasteiger partial charge in [0.2, 0.25) is 11.1 Å². The van der Waals surface area contributed by atoms with Crippen molar-refractivity contribution in [3.63, 3.8) is 0 Å². The lowest BCUT2D eigenvalue weighted by atomic mass is 10.1. The number of halogens is 1. The second-order valence-corrected chi connectivity index (χ2v) is 8.32. The largest absolute Gasteiger partial charge is 0.326 e. The number of benzene rings is 2. The molecule has 4 rings (SSSR count). The summed E-state index contributed by atoms with van der Waals surface area (Å²) in [5.41, 5.74) is 6.48. The Hall–Kier alpha value is -3.13. The number of fused-ring (bicyclic) bond motifs is 1. The second-order valence-electron chi connectivity index (χ2n) is 7.49. The summed E-state index contributed by atoms with van der Waals surface area (Å²) in [5, 5.41) is 14.0. The van der Waals surface area contributed by atoms with E-state index in [0.29, 0.717) is 35.3 Å². The van der Waals surface area contributed by atoms with Crippen LogP contribution >= 0.6 is 11.8 Å². The van der Waals surface area contributed by atoms with Crippen LogP contribution in [0.4, 0.5) is 10.1 Å². The molecule has 0 radical (unpaired) electrons. The molecule has 0 unspecified atom stereocenters. The van der Waals surface area contributed by atoms with Gasteiger partial charge in [0.15, 0.2) is 5.82 Å². The lowest BCUT2D eigenvalue weighted by Crippen LogP contribution is -2.20. The quantitative estimate of drug-likeness (QED) is 0.604. The van der Waals surface area contributed by atoms with Crippen molar-refractivity contribution in [3.8, 4) is 0 Å². The maximum absolute atomic E-state index is 14.0. The number of carbonyl (C=O) groups is 1. The summed E-state index contributed by atoms with van der Waals surface area (Å²) in [6.45, 7) is 4.03. The van der Waals surface area contributed by atoms with Crippen LogP contribution in [-0.4, -0.2) is 20.8 Å². The predicted octanol–water partition coefficient (Wildman–Crippen LogP) is 4.64. The number of aromatic nitrogens is 3. The summed E-state index contributed by atoms with van der Waals surface area (Å²) in [5.74, 6) is 0.694. The number of nitrogens with one attached hydrogen (secondary N) is 2. The van der Waals surface area contributed by atoms with Crippen LogP contribution < -0.4 is 10.7 Å². The van der Waals surface area contributed by atoms with Crippen molar-refractivity contribution in [1.82, 2.24) is 14.9 Å². The molecule has 8 heteroatoms. The summed E-state index contributed by atoms with van der Waals surface area (Å²) < 4.78 is 15.8. The Kier molecular flexibility index (Phi) is 5.85. The first kappa shape index (κ1) is 20.2. The highest BCUT2D eigenvalue weighted by Gasteiger charge is 2.19. The van der Waals surface area contributed by atoms with E-state index in [4.69, 9.17) is 0 Å². The lowest BCUT2D eigenvalue weighted by molar-refractivity contribution is -0.116. The second kappa shape index (κ2) is 8.71. The summed E-state index contributed by atoms with van der Waals surface area (Å²) in [4.78, 5) is 11.9. The van der Waals surface area contributed by atoms with E-state index in [9.17, 15) is 9.18 Å². The van der Waals surface area contributed by atoms with Gasteiger partial charge in [0.05, 0.1) is 5.70 Å². The van der Waals surface area contributed by atoms with Gasteiger partial charge in [-0.25, -0.2) is 9.07 Å². The molecule has 0 atom stereocenters. The number of nitrogens with zero attached hydrogens (tertiary/aromatic N) is 3. The molecule has 1 aromatic heterocycles. The number of hydrogen-bond donors (Lipinski definition) is 2. The zero-order valence-corrected chi connectivity index (χ0v) is 17.5. The van der Waals surface area contributed by atoms with E-state index >= 15 is 0 Å². The van der Waals surface area contributed by atoms with Crippen LogP contribution in [0.1, 0.15) is 37.2 Å². The number of anilines is 1. The van der Waals surface area contributed by atoms with E-state index in [0.717, 1.165) is 16.9 Å². The summed E-state index contributed by atoms with van der Waals surface area (Å²) in [6, 6.07) is 14.3. The fraction of sp³-hybridized carbons (Fsp3) is 0.227. The molecule has 1 aliphatic heterocycles. The van der Waals surface area contributed by atoms with Gasteiger partial charge in [-0.3, -0.25) is 10.2 Å². The third-order valence-electron chi connectivity index (χ3n) is 4.59. The van der Waals surface area contributed by atoms with Crippen LogP contribution in [0.5, 0.6) is 0 Å². The van der Waals surface area contributed by atoms with Gasteiger partial charge in [-0.05, 0) is 29.7 Å². The minimum absolute atomic E-state index is 0.00947. The molecule has 154 valence electrons. The number of rotatable bonds is 6. The monoisotopic (exact) mass is 423 g/mol.